The second kappa shape index (κ2) is 11.6. The Morgan fingerprint density at radius 1 is 0.972 bits per heavy atom. The monoisotopic (exact) mass is 520 g/mol. The van der Waals surface area contributed by atoms with E-state index in [2.05, 4.69) is 4.98 Å². The number of H-pyrrole nitrogens is 1. The first kappa shape index (κ1) is 27.2. The molecule has 12 heteroatoms. The molecule has 1 saturated heterocycles. The zero-order valence-corrected chi connectivity index (χ0v) is 21.3. The summed E-state index contributed by atoms with van der Waals surface area (Å²) in [6.07, 6.45) is -3.10. The molecule has 0 spiro atoms. The molecule has 2 aromatic rings. The minimum atomic E-state index is -1.23. The number of aromatic amines is 1. The SMILES string of the molecule is CC(=O)OC[C@H]1O[C@@H](n2cc(C)c(=O)[nH]c2=O)[C@@H](OC(C)=O)[C@H](Sc2ccc(C)cc2)[C@@H]1OC(C)=O. The van der Waals surface area contributed by atoms with Crippen LogP contribution in [0.2, 0.25) is 0 Å². The number of thioether (sulfide) groups is 1. The van der Waals surface area contributed by atoms with Crippen molar-refractivity contribution in [3.8, 4) is 0 Å². The Balaban J connectivity index is 2.16. The Morgan fingerprint density at radius 3 is 2.17 bits per heavy atom. The van der Waals surface area contributed by atoms with Crippen LogP contribution in [0.15, 0.2) is 44.9 Å². The highest BCUT2D eigenvalue weighted by molar-refractivity contribution is 8.00. The van der Waals surface area contributed by atoms with E-state index in [1.54, 1.807) is 0 Å². The van der Waals surface area contributed by atoms with Crippen molar-refractivity contribution < 1.29 is 33.3 Å². The first-order chi connectivity index (χ1) is 17.0. The molecule has 0 saturated carbocycles. The Kier molecular flexibility index (Phi) is 8.75. The lowest BCUT2D eigenvalue weighted by atomic mass is 10.00. The van der Waals surface area contributed by atoms with Gasteiger partial charge in [-0.3, -0.25) is 28.7 Å². The molecule has 0 aliphatic carbocycles. The Hall–Kier alpha value is -3.38. The highest BCUT2D eigenvalue weighted by Gasteiger charge is 2.51. The van der Waals surface area contributed by atoms with Gasteiger partial charge in [0.25, 0.3) is 5.56 Å². The van der Waals surface area contributed by atoms with E-state index in [9.17, 15) is 24.0 Å². The van der Waals surface area contributed by atoms with E-state index in [4.69, 9.17) is 18.9 Å². The van der Waals surface area contributed by atoms with E-state index in [0.29, 0.717) is 0 Å². The van der Waals surface area contributed by atoms with Crippen LogP contribution >= 0.6 is 11.8 Å². The van der Waals surface area contributed by atoms with Crippen molar-refractivity contribution >= 4 is 29.7 Å². The highest BCUT2D eigenvalue weighted by atomic mass is 32.2. The molecule has 1 aromatic carbocycles. The van der Waals surface area contributed by atoms with Crippen molar-refractivity contribution in [3.63, 3.8) is 0 Å². The molecule has 0 radical (unpaired) electrons. The lowest BCUT2D eigenvalue weighted by Gasteiger charge is -2.45. The van der Waals surface area contributed by atoms with E-state index < -0.39 is 58.9 Å². The van der Waals surface area contributed by atoms with Gasteiger partial charge < -0.3 is 18.9 Å². The Morgan fingerprint density at radius 2 is 1.58 bits per heavy atom. The number of hydrogen-bond acceptors (Lipinski definition) is 10. The first-order valence-corrected chi connectivity index (χ1v) is 12.0. The molecule has 11 nitrogen and oxygen atoms in total. The van der Waals surface area contributed by atoms with Crippen LogP contribution in [-0.4, -0.2) is 57.6 Å². The summed E-state index contributed by atoms with van der Waals surface area (Å²) in [7, 11) is 0. The number of aryl methyl sites for hydroxylation is 2. The molecular weight excluding hydrogens is 492 g/mol. The average molecular weight is 521 g/mol. The van der Waals surface area contributed by atoms with E-state index in [1.807, 2.05) is 31.2 Å². The zero-order valence-electron chi connectivity index (χ0n) is 20.5. The molecule has 0 amide bonds. The normalized spacial score (nSPS) is 23.5. The fourth-order valence-electron chi connectivity index (χ4n) is 3.79. The summed E-state index contributed by atoms with van der Waals surface area (Å²) in [5.74, 6) is -1.86. The van der Waals surface area contributed by atoms with Crippen molar-refractivity contribution in [1.29, 1.82) is 0 Å². The predicted molar refractivity (Wildman–Crippen MR) is 129 cm³/mol. The summed E-state index contributed by atoms with van der Waals surface area (Å²) in [5.41, 5.74) is -0.110. The van der Waals surface area contributed by atoms with Crippen LogP contribution in [0.3, 0.4) is 0 Å². The summed E-state index contributed by atoms with van der Waals surface area (Å²) in [6.45, 7) is 6.80. The lowest BCUT2D eigenvalue weighted by Crippen LogP contribution is -2.59. The van der Waals surface area contributed by atoms with Crippen LogP contribution in [-0.2, 0) is 33.3 Å². The summed E-state index contributed by atoms with van der Waals surface area (Å²) < 4.78 is 23.6. The maximum Gasteiger partial charge on any atom is 0.330 e. The molecule has 3 rings (SSSR count). The van der Waals surface area contributed by atoms with Gasteiger partial charge in [0.2, 0.25) is 0 Å². The van der Waals surface area contributed by atoms with Crippen molar-refractivity contribution in [3.05, 3.63) is 62.4 Å². The number of esters is 3. The number of rotatable bonds is 7. The maximum absolute atomic E-state index is 12.8. The fourth-order valence-corrected chi connectivity index (χ4v) is 5.08. The molecule has 1 aromatic heterocycles. The second-order valence-corrected chi connectivity index (χ2v) is 9.64. The fraction of sp³-hybridized carbons (Fsp3) is 0.458. The molecule has 1 aliphatic heterocycles. The number of carbonyl (C=O) groups is 3. The van der Waals surface area contributed by atoms with Crippen molar-refractivity contribution in [2.24, 2.45) is 0 Å². The van der Waals surface area contributed by atoms with Gasteiger partial charge >= 0.3 is 23.6 Å². The number of hydrogen-bond donors (Lipinski definition) is 1. The highest BCUT2D eigenvalue weighted by Crippen LogP contribution is 2.41. The first-order valence-electron chi connectivity index (χ1n) is 11.1. The van der Waals surface area contributed by atoms with Crippen molar-refractivity contribution in [1.82, 2.24) is 9.55 Å². The molecule has 1 fully saturated rings. The second-order valence-electron chi connectivity index (χ2n) is 8.39. The average Bonchev–Trinajstić information content (AvgIpc) is 2.78. The van der Waals surface area contributed by atoms with Gasteiger partial charge in [0.05, 0.1) is 5.25 Å². The van der Waals surface area contributed by atoms with E-state index >= 15 is 0 Å². The van der Waals surface area contributed by atoms with Crippen LogP contribution < -0.4 is 11.2 Å². The van der Waals surface area contributed by atoms with E-state index in [0.717, 1.165) is 15.0 Å². The quantitative estimate of drug-likeness (QED) is 0.423. The molecular formula is C24H28N2O9S. The lowest BCUT2D eigenvalue weighted by molar-refractivity contribution is -0.226. The third-order valence-electron chi connectivity index (χ3n) is 5.38. The largest absolute Gasteiger partial charge is 0.463 e. The summed E-state index contributed by atoms with van der Waals surface area (Å²) >= 11 is 1.26. The maximum atomic E-state index is 12.8. The van der Waals surface area contributed by atoms with E-state index in [-0.39, 0.29) is 12.2 Å². The van der Waals surface area contributed by atoms with Crippen LogP contribution in [0, 0.1) is 13.8 Å². The molecule has 5 atom stereocenters. The van der Waals surface area contributed by atoms with Gasteiger partial charge in [0, 0.05) is 37.4 Å². The molecule has 1 N–H and O–H groups in total. The van der Waals surface area contributed by atoms with Crippen LogP contribution in [0.1, 0.15) is 38.1 Å². The minimum Gasteiger partial charge on any atom is -0.463 e. The van der Waals surface area contributed by atoms with Gasteiger partial charge in [-0.2, -0.15) is 0 Å². The van der Waals surface area contributed by atoms with Gasteiger partial charge in [-0.05, 0) is 26.0 Å². The van der Waals surface area contributed by atoms with Gasteiger partial charge in [0.1, 0.15) is 18.8 Å². The van der Waals surface area contributed by atoms with Gasteiger partial charge in [-0.25, -0.2) is 4.79 Å². The smallest absolute Gasteiger partial charge is 0.330 e. The van der Waals surface area contributed by atoms with Crippen LogP contribution in [0.4, 0.5) is 0 Å². The van der Waals surface area contributed by atoms with Gasteiger partial charge in [0.15, 0.2) is 12.3 Å². The summed E-state index contributed by atoms with van der Waals surface area (Å²) in [5, 5.41) is -0.779. The molecule has 194 valence electrons. The van der Waals surface area contributed by atoms with Crippen LogP contribution in [0.5, 0.6) is 0 Å². The van der Waals surface area contributed by atoms with Gasteiger partial charge in [-0.1, -0.05) is 17.7 Å². The standard InChI is InChI=1S/C24H28N2O9S/c1-12-6-8-17(9-7-12)36-21-19(33-15(4)28)18(11-32-14(3)27)35-23(20(21)34-16(5)29)26-10-13(2)22(30)25-24(26)31/h6-10,18-21,23H,11H2,1-5H3,(H,25,30,31)/t18-,19-,20+,21-,23-/m1/s1. The number of ether oxygens (including phenoxy) is 4. The van der Waals surface area contributed by atoms with Crippen LogP contribution in [0.25, 0.3) is 0 Å². The molecule has 0 bridgehead atoms. The van der Waals surface area contributed by atoms with Crippen molar-refractivity contribution in [2.45, 2.75) is 69.3 Å². The summed E-state index contributed by atoms with van der Waals surface area (Å²) in [4.78, 5) is 63.5. The molecule has 36 heavy (non-hydrogen) atoms. The number of carbonyl (C=O) groups excluding carboxylic acids is 3. The predicted octanol–water partition coefficient (Wildman–Crippen LogP) is 1.64. The minimum absolute atomic E-state index is 0.223. The topological polar surface area (TPSA) is 143 Å². The summed E-state index contributed by atoms with van der Waals surface area (Å²) in [6, 6.07) is 7.51. The number of nitrogens with zero attached hydrogens (tertiary/aromatic N) is 1. The molecule has 0 unspecified atom stereocenters. The number of aromatic nitrogens is 2. The molecule has 1 aliphatic rings. The van der Waals surface area contributed by atoms with Crippen molar-refractivity contribution in [2.75, 3.05) is 6.61 Å². The number of benzene rings is 1. The van der Waals surface area contributed by atoms with Gasteiger partial charge in [-0.15, -0.1) is 11.8 Å². The zero-order chi connectivity index (χ0) is 26.6. The molecule has 2 heterocycles. The number of nitrogens with one attached hydrogen (secondary N) is 1. The Labute approximate surface area is 211 Å². The Bertz CT molecular complexity index is 1240. The van der Waals surface area contributed by atoms with E-state index in [1.165, 1.54) is 45.7 Å². The third-order valence-corrected chi connectivity index (χ3v) is 6.73. The third kappa shape index (κ3) is 6.64.